The summed E-state index contributed by atoms with van der Waals surface area (Å²) in [6.07, 6.45) is 2.20. The predicted molar refractivity (Wildman–Crippen MR) is 80.9 cm³/mol. The molecule has 1 N–H and O–H groups in total. The molecule has 3 rings (SSSR count). The van der Waals surface area contributed by atoms with Crippen molar-refractivity contribution in [2.75, 3.05) is 5.75 Å². The van der Waals surface area contributed by atoms with Gasteiger partial charge in [-0.15, -0.1) is 11.8 Å². The van der Waals surface area contributed by atoms with Crippen molar-refractivity contribution in [2.24, 2.45) is 5.92 Å². The molecule has 6 heteroatoms. The molecule has 1 aliphatic heterocycles. The number of halogens is 1. The Morgan fingerprint density at radius 2 is 2.09 bits per heavy atom. The van der Waals surface area contributed by atoms with Crippen molar-refractivity contribution in [3.63, 3.8) is 0 Å². The van der Waals surface area contributed by atoms with E-state index in [0.717, 1.165) is 29.9 Å². The van der Waals surface area contributed by atoms with Gasteiger partial charge in [-0.25, -0.2) is 19.1 Å². The molecule has 1 saturated carbocycles. The van der Waals surface area contributed by atoms with Gasteiger partial charge in [-0.2, -0.15) is 0 Å². The maximum Gasteiger partial charge on any atom is 0.130 e. The van der Waals surface area contributed by atoms with Crippen LogP contribution in [0.2, 0.25) is 0 Å². The lowest BCUT2D eigenvalue weighted by Gasteiger charge is -2.50. The summed E-state index contributed by atoms with van der Waals surface area (Å²) < 4.78 is 12.9. The van der Waals surface area contributed by atoms with Crippen LogP contribution in [-0.2, 0) is 14.7 Å². The molecule has 0 aromatic heterocycles. The third-order valence-corrected chi connectivity index (χ3v) is 6.26. The van der Waals surface area contributed by atoms with Crippen LogP contribution in [0.15, 0.2) is 29.2 Å². The normalized spacial score (nSPS) is 38.0. The third-order valence-electron chi connectivity index (χ3n) is 4.93. The first-order chi connectivity index (χ1) is 10.5. The lowest BCUT2D eigenvalue weighted by molar-refractivity contribution is -0.468. The van der Waals surface area contributed by atoms with Crippen LogP contribution in [-0.4, -0.2) is 28.3 Å². The van der Waals surface area contributed by atoms with Crippen LogP contribution in [0.4, 0.5) is 4.39 Å². The van der Waals surface area contributed by atoms with Gasteiger partial charge in [-0.3, -0.25) is 5.26 Å². The van der Waals surface area contributed by atoms with E-state index in [9.17, 15) is 4.39 Å². The highest BCUT2D eigenvalue weighted by molar-refractivity contribution is 7.99. The number of fused-ring (bicyclic) bond motifs is 2. The Morgan fingerprint density at radius 1 is 1.36 bits per heavy atom. The monoisotopic (exact) mass is 328 g/mol. The molecule has 4 atom stereocenters. The number of thioether (sulfide) groups is 1. The number of hydrogen-bond donors (Lipinski definition) is 1. The molecule has 0 amide bonds. The fraction of sp³-hybridized carbons (Fsp3) is 0.625. The zero-order chi connectivity index (χ0) is 15.8. The van der Waals surface area contributed by atoms with Crippen molar-refractivity contribution in [2.45, 2.75) is 55.3 Å². The van der Waals surface area contributed by atoms with Crippen LogP contribution >= 0.6 is 11.8 Å². The van der Waals surface area contributed by atoms with E-state index in [1.54, 1.807) is 23.9 Å². The van der Waals surface area contributed by atoms with Gasteiger partial charge in [0.2, 0.25) is 0 Å². The third kappa shape index (κ3) is 3.03. The SMILES string of the molecule is CC1(CSc2ccc(F)cc2)OO[C@@H]2C[C@H]1CC[C@@]2(C)OO. The van der Waals surface area contributed by atoms with Gasteiger partial charge in [0, 0.05) is 10.6 Å². The highest BCUT2D eigenvalue weighted by Gasteiger charge is 2.53. The van der Waals surface area contributed by atoms with Gasteiger partial charge in [0.25, 0.3) is 0 Å². The Hall–Kier alpha value is -0.660. The van der Waals surface area contributed by atoms with Crippen LogP contribution in [0.5, 0.6) is 0 Å². The fourth-order valence-electron chi connectivity index (χ4n) is 3.18. The number of benzene rings is 1. The highest BCUT2D eigenvalue weighted by Crippen LogP contribution is 2.47. The van der Waals surface area contributed by atoms with Crippen molar-refractivity contribution in [3.8, 4) is 0 Å². The lowest BCUT2D eigenvalue weighted by atomic mass is 9.71. The number of rotatable bonds is 4. The quantitative estimate of drug-likeness (QED) is 0.513. The summed E-state index contributed by atoms with van der Waals surface area (Å²) in [5.41, 5.74) is -1.09. The zero-order valence-electron chi connectivity index (χ0n) is 12.8. The van der Waals surface area contributed by atoms with Crippen LogP contribution < -0.4 is 0 Å². The molecule has 1 unspecified atom stereocenters. The Morgan fingerprint density at radius 3 is 2.77 bits per heavy atom. The minimum absolute atomic E-state index is 0.230. The standard InChI is InChI=1S/C16H21FO4S/c1-15(20-18)8-7-11-9-14(15)19-21-16(11,2)10-22-13-5-3-12(17)4-6-13/h3-6,11,14,18H,7-10H2,1-2H3/t11-,14-,15-,16?/m1/s1. The van der Waals surface area contributed by atoms with E-state index in [1.807, 2.05) is 13.8 Å². The van der Waals surface area contributed by atoms with E-state index >= 15 is 0 Å². The van der Waals surface area contributed by atoms with Crippen LogP contribution in [0, 0.1) is 11.7 Å². The van der Waals surface area contributed by atoms with Gasteiger partial charge >= 0.3 is 0 Å². The number of hydrogen-bond acceptors (Lipinski definition) is 5. The van der Waals surface area contributed by atoms with E-state index in [0.29, 0.717) is 5.92 Å². The Labute approximate surface area is 133 Å². The first-order valence-corrected chi connectivity index (χ1v) is 8.49. The molecule has 122 valence electrons. The highest BCUT2D eigenvalue weighted by atomic mass is 32.2. The van der Waals surface area contributed by atoms with Crippen LogP contribution in [0.25, 0.3) is 0 Å². The van der Waals surface area contributed by atoms with E-state index in [2.05, 4.69) is 4.89 Å². The van der Waals surface area contributed by atoms with Gasteiger partial charge < -0.3 is 0 Å². The summed E-state index contributed by atoms with van der Waals surface area (Å²) >= 11 is 1.63. The van der Waals surface area contributed by atoms with Gasteiger partial charge in [0.05, 0.1) is 0 Å². The van der Waals surface area contributed by atoms with Crippen molar-refractivity contribution in [1.82, 2.24) is 0 Å². The summed E-state index contributed by atoms with van der Waals surface area (Å²) in [5.74, 6) is 0.848. The van der Waals surface area contributed by atoms with Crippen LogP contribution in [0.3, 0.4) is 0 Å². The maximum absolute atomic E-state index is 12.9. The summed E-state index contributed by atoms with van der Waals surface area (Å²) in [6.45, 7) is 3.89. The van der Waals surface area contributed by atoms with E-state index in [4.69, 9.17) is 15.0 Å². The molecule has 2 fully saturated rings. The van der Waals surface area contributed by atoms with Gasteiger partial charge in [0.15, 0.2) is 0 Å². The topological polar surface area (TPSA) is 47.9 Å². The fourth-order valence-corrected chi connectivity index (χ4v) is 4.25. The summed E-state index contributed by atoms with van der Waals surface area (Å²) in [4.78, 5) is 16.8. The van der Waals surface area contributed by atoms with Crippen LogP contribution in [0.1, 0.15) is 33.1 Å². The van der Waals surface area contributed by atoms with Crippen molar-refractivity contribution in [3.05, 3.63) is 30.1 Å². The molecule has 1 aliphatic carbocycles. The van der Waals surface area contributed by atoms with Crippen molar-refractivity contribution >= 4 is 11.8 Å². The minimum Gasteiger partial charge on any atom is -0.251 e. The average Bonchev–Trinajstić information content (AvgIpc) is 2.53. The molecule has 22 heavy (non-hydrogen) atoms. The molecular weight excluding hydrogens is 307 g/mol. The van der Waals surface area contributed by atoms with Gasteiger partial charge in [-0.05, 0) is 63.3 Å². The van der Waals surface area contributed by atoms with E-state index < -0.39 is 11.2 Å². The second kappa shape index (κ2) is 6.09. The second-order valence-electron chi connectivity index (χ2n) is 6.60. The predicted octanol–water partition coefficient (Wildman–Crippen LogP) is 4.06. The Kier molecular flexibility index (Phi) is 4.49. The second-order valence-corrected chi connectivity index (χ2v) is 7.65. The summed E-state index contributed by atoms with van der Waals surface area (Å²) in [5, 5.41) is 9.10. The first kappa shape index (κ1) is 16.2. The average molecular weight is 328 g/mol. The molecule has 1 aromatic rings. The smallest absolute Gasteiger partial charge is 0.130 e. The lowest BCUT2D eigenvalue weighted by Crippen LogP contribution is -2.58. The maximum atomic E-state index is 12.9. The van der Waals surface area contributed by atoms with Crippen molar-refractivity contribution < 1.29 is 24.3 Å². The largest absolute Gasteiger partial charge is 0.251 e. The molecule has 1 aromatic carbocycles. The summed E-state index contributed by atoms with van der Waals surface area (Å²) in [6, 6.07) is 6.47. The van der Waals surface area contributed by atoms with E-state index in [-0.39, 0.29) is 11.9 Å². The molecule has 0 spiro atoms. The van der Waals surface area contributed by atoms with E-state index in [1.165, 1.54) is 12.1 Å². The summed E-state index contributed by atoms with van der Waals surface area (Å²) in [7, 11) is 0. The first-order valence-electron chi connectivity index (χ1n) is 7.51. The van der Waals surface area contributed by atoms with Gasteiger partial charge in [0.1, 0.15) is 23.1 Å². The molecule has 0 radical (unpaired) electrons. The Balaban J connectivity index is 1.64. The molecule has 2 bridgehead atoms. The molecule has 4 nitrogen and oxygen atoms in total. The molecule has 1 saturated heterocycles. The van der Waals surface area contributed by atoms with Gasteiger partial charge in [-0.1, -0.05) is 0 Å². The molecular formula is C16H21FO4S. The molecule has 1 heterocycles. The molecule has 2 aliphatic rings. The van der Waals surface area contributed by atoms with Crippen molar-refractivity contribution in [1.29, 1.82) is 0 Å². The zero-order valence-corrected chi connectivity index (χ0v) is 13.6. The Bertz CT molecular complexity index is 525. The minimum atomic E-state index is -0.693.